The first-order valence-corrected chi connectivity index (χ1v) is 9.62. The van der Waals surface area contributed by atoms with Gasteiger partial charge in [0, 0.05) is 38.0 Å². The summed E-state index contributed by atoms with van der Waals surface area (Å²) in [5.74, 6) is -1.27. The number of esters is 2. The summed E-state index contributed by atoms with van der Waals surface area (Å²) in [6, 6.07) is 9.86. The molecule has 1 aromatic carbocycles. The van der Waals surface area contributed by atoms with Gasteiger partial charge in [0.25, 0.3) is 0 Å². The molecule has 28 heavy (non-hydrogen) atoms. The number of amides is 1. The summed E-state index contributed by atoms with van der Waals surface area (Å²) in [6.07, 6.45) is 0.182. The molecule has 6 nitrogen and oxygen atoms in total. The molecule has 0 unspecified atom stereocenters. The first-order chi connectivity index (χ1) is 13.0. The van der Waals surface area contributed by atoms with Crippen LogP contribution in [-0.4, -0.2) is 36.1 Å². The Morgan fingerprint density at radius 1 is 1.04 bits per heavy atom. The van der Waals surface area contributed by atoms with Crippen molar-refractivity contribution in [2.45, 2.75) is 65.5 Å². The van der Waals surface area contributed by atoms with Gasteiger partial charge in [0.15, 0.2) is 0 Å². The molecule has 1 aliphatic carbocycles. The van der Waals surface area contributed by atoms with E-state index in [4.69, 9.17) is 9.47 Å². The number of nitrogens with one attached hydrogen (secondary N) is 1. The first kappa shape index (κ1) is 21.9. The topological polar surface area (TPSA) is 81.7 Å². The number of hydrogen-bond donors (Lipinski definition) is 1. The summed E-state index contributed by atoms with van der Waals surface area (Å²) in [5, 5.41) is 3.14. The van der Waals surface area contributed by atoms with Crippen LogP contribution in [0.3, 0.4) is 0 Å². The number of ether oxygens (including phenoxy) is 2. The summed E-state index contributed by atoms with van der Waals surface area (Å²) in [4.78, 5) is 35.5. The number of carbonyl (C=O) groups excluding carboxylic acids is 3. The van der Waals surface area contributed by atoms with E-state index in [1.807, 2.05) is 51.1 Å². The molecule has 0 spiro atoms. The molecular weight excluding hydrogens is 358 g/mol. The average Bonchev–Trinajstić information content (AvgIpc) is 2.56. The van der Waals surface area contributed by atoms with E-state index >= 15 is 0 Å². The minimum Gasteiger partial charge on any atom is -0.465 e. The lowest BCUT2D eigenvalue weighted by Gasteiger charge is -2.57. The van der Waals surface area contributed by atoms with Gasteiger partial charge >= 0.3 is 11.9 Å². The monoisotopic (exact) mass is 389 g/mol. The second-order valence-corrected chi connectivity index (χ2v) is 8.44. The van der Waals surface area contributed by atoms with Crippen LogP contribution in [0.4, 0.5) is 0 Å². The van der Waals surface area contributed by atoms with E-state index in [1.54, 1.807) is 0 Å². The molecule has 154 valence electrons. The largest absolute Gasteiger partial charge is 0.465 e. The molecule has 0 radical (unpaired) electrons. The lowest BCUT2D eigenvalue weighted by atomic mass is 9.53. The molecule has 1 aliphatic rings. The fourth-order valence-corrected chi connectivity index (χ4v) is 4.71. The highest BCUT2D eigenvalue weighted by Gasteiger charge is 2.58. The summed E-state index contributed by atoms with van der Waals surface area (Å²) in [5.41, 5.74) is -0.175. The van der Waals surface area contributed by atoms with E-state index in [0.717, 1.165) is 5.56 Å². The Hall–Kier alpha value is -2.37. The number of benzene rings is 1. The zero-order chi connectivity index (χ0) is 21.1. The van der Waals surface area contributed by atoms with Crippen molar-refractivity contribution in [2.24, 2.45) is 11.3 Å². The molecule has 1 saturated carbocycles. The zero-order valence-corrected chi connectivity index (χ0v) is 17.6. The molecular formula is C22H31NO5. The standard InChI is InChI=1S/C22H31NO5/c1-14(24)23-22(6)18(17-10-8-7-9-11-17)12-20(28-16(3)26)21(4,5)19(22)13-27-15(2)25/h7-11,18-20H,12-13H2,1-6H3,(H,23,24)/t18-,19-,20-,22+/m1/s1. The lowest BCUT2D eigenvalue weighted by molar-refractivity contribution is -0.174. The van der Waals surface area contributed by atoms with Gasteiger partial charge in [-0.25, -0.2) is 0 Å². The van der Waals surface area contributed by atoms with Crippen molar-refractivity contribution < 1.29 is 23.9 Å². The van der Waals surface area contributed by atoms with Crippen LogP contribution in [0.25, 0.3) is 0 Å². The molecule has 1 N–H and O–H groups in total. The first-order valence-electron chi connectivity index (χ1n) is 9.62. The molecule has 1 fully saturated rings. The maximum absolute atomic E-state index is 12.1. The van der Waals surface area contributed by atoms with E-state index < -0.39 is 11.0 Å². The average molecular weight is 389 g/mol. The van der Waals surface area contributed by atoms with Crippen LogP contribution in [-0.2, 0) is 23.9 Å². The van der Waals surface area contributed by atoms with Gasteiger partial charge < -0.3 is 14.8 Å². The summed E-state index contributed by atoms with van der Waals surface area (Å²) < 4.78 is 11.1. The SMILES string of the molecule is CC(=O)N[C@@]1(C)[C@@H](c2ccccc2)C[C@@H](OC(C)=O)C(C)(C)[C@H]1COC(C)=O. The van der Waals surface area contributed by atoms with E-state index in [9.17, 15) is 14.4 Å². The Labute approximate surface area is 167 Å². The van der Waals surface area contributed by atoms with Gasteiger partial charge in [0.05, 0.1) is 12.1 Å². The molecule has 0 aliphatic heterocycles. The van der Waals surface area contributed by atoms with Gasteiger partial charge in [-0.2, -0.15) is 0 Å². The van der Waals surface area contributed by atoms with E-state index in [1.165, 1.54) is 20.8 Å². The third-order valence-corrected chi connectivity index (χ3v) is 6.03. The molecule has 0 saturated heterocycles. The second kappa shape index (κ2) is 8.33. The molecule has 1 amide bonds. The molecule has 0 bridgehead atoms. The van der Waals surface area contributed by atoms with Crippen LogP contribution < -0.4 is 5.32 Å². The summed E-state index contributed by atoms with van der Waals surface area (Å²) >= 11 is 0. The maximum atomic E-state index is 12.1. The van der Waals surface area contributed by atoms with Gasteiger partial charge in [-0.15, -0.1) is 0 Å². The van der Waals surface area contributed by atoms with Crippen LogP contribution in [0.5, 0.6) is 0 Å². The van der Waals surface area contributed by atoms with Gasteiger partial charge in [-0.3, -0.25) is 14.4 Å². The van der Waals surface area contributed by atoms with Crippen molar-refractivity contribution in [1.29, 1.82) is 0 Å². The molecule has 4 atom stereocenters. The van der Waals surface area contributed by atoms with E-state index in [2.05, 4.69) is 5.32 Å². The Balaban J connectivity index is 2.59. The van der Waals surface area contributed by atoms with Crippen LogP contribution in [0.15, 0.2) is 30.3 Å². The van der Waals surface area contributed by atoms with E-state index in [0.29, 0.717) is 6.42 Å². The number of carbonyl (C=O) groups is 3. The van der Waals surface area contributed by atoms with Crippen molar-refractivity contribution in [1.82, 2.24) is 5.32 Å². The van der Waals surface area contributed by atoms with Gasteiger partial charge in [-0.1, -0.05) is 44.2 Å². The van der Waals surface area contributed by atoms with Gasteiger partial charge in [0.1, 0.15) is 6.10 Å². The molecule has 2 rings (SSSR count). The summed E-state index contributed by atoms with van der Waals surface area (Å²) in [6.45, 7) is 10.4. The molecule has 1 aromatic rings. The third kappa shape index (κ3) is 4.54. The minimum absolute atomic E-state index is 0.115. The highest BCUT2D eigenvalue weighted by atomic mass is 16.5. The Bertz CT molecular complexity index is 730. The smallest absolute Gasteiger partial charge is 0.302 e. The van der Waals surface area contributed by atoms with Crippen molar-refractivity contribution in [3.63, 3.8) is 0 Å². The Kier molecular flexibility index (Phi) is 6.52. The van der Waals surface area contributed by atoms with Crippen LogP contribution >= 0.6 is 0 Å². The predicted molar refractivity (Wildman–Crippen MR) is 105 cm³/mol. The molecule has 6 heteroatoms. The predicted octanol–water partition coefficient (Wildman–Crippen LogP) is 3.21. The Morgan fingerprint density at radius 2 is 1.64 bits per heavy atom. The Morgan fingerprint density at radius 3 is 2.14 bits per heavy atom. The van der Waals surface area contributed by atoms with Crippen molar-refractivity contribution in [2.75, 3.05) is 6.61 Å². The number of hydrogen-bond acceptors (Lipinski definition) is 5. The fraction of sp³-hybridized carbons (Fsp3) is 0.591. The van der Waals surface area contributed by atoms with E-state index in [-0.39, 0.29) is 42.4 Å². The van der Waals surface area contributed by atoms with Crippen LogP contribution in [0.1, 0.15) is 59.4 Å². The normalized spacial score (nSPS) is 28.9. The molecule has 0 aromatic heterocycles. The zero-order valence-electron chi connectivity index (χ0n) is 17.6. The van der Waals surface area contributed by atoms with Gasteiger partial charge in [-0.05, 0) is 18.9 Å². The fourth-order valence-electron chi connectivity index (χ4n) is 4.71. The molecule has 0 heterocycles. The lowest BCUT2D eigenvalue weighted by Crippen LogP contribution is -2.66. The third-order valence-electron chi connectivity index (χ3n) is 6.03. The van der Waals surface area contributed by atoms with Crippen molar-refractivity contribution in [3.8, 4) is 0 Å². The highest BCUT2D eigenvalue weighted by Crippen LogP contribution is 2.53. The van der Waals surface area contributed by atoms with Crippen LogP contribution in [0, 0.1) is 11.3 Å². The maximum Gasteiger partial charge on any atom is 0.302 e. The van der Waals surface area contributed by atoms with Crippen molar-refractivity contribution in [3.05, 3.63) is 35.9 Å². The highest BCUT2D eigenvalue weighted by molar-refractivity contribution is 5.74. The van der Waals surface area contributed by atoms with Crippen LogP contribution in [0.2, 0.25) is 0 Å². The minimum atomic E-state index is -0.692. The summed E-state index contributed by atoms with van der Waals surface area (Å²) in [7, 11) is 0. The van der Waals surface area contributed by atoms with Gasteiger partial charge in [0.2, 0.25) is 5.91 Å². The van der Waals surface area contributed by atoms with Crippen molar-refractivity contribution >= 4 is 17.8 Å². The second-order valence-electron chi connectivity index (χ2n) is 8.44. The quantitative estimate of drug-likeness (QED) is 0.782. The number of rotatable bonds is 5.